The molecule has 142 valence electrons. The zero-order valence-corrected chi connectivity index (χ0v) is 15.8. The lowest BCUT2D eigenvalue weighted by Crippen LogP contribution is -2.36. The Bertz CT molecular complexity index is 872. The first-order valence-corrected chi connectivity index (χ1v) is 9.19. The molecule has 0 unspecified atom stereocenters. The molecule has 2 aromatic rings. The van der Waals surface area contributed by atoms with E-state index < -0.39 is 17.6 Å². The third-order valence-corrected chi connectivity index (χ3v) is 4.87. The predicted molar refractivity (Wildman–Crippen MR) is 105 cm³/mol. The number of aryl methyl sites for hydroxylation is 1. The summed E-state index contributed by atoms with van der Waals surface area (Å²) >= 11 is 5.66. The quantitative estimate of drug-likeness (QED) is 0.789. The lowest BCUT2D eigenvalue weighted by molar-refractivity contribution is -0.136. The number of carbonyl (C=O) groups is 2. The number of rotatable bonds is 4. The molecule has 1 heterocycles. The maximum atomic E-state index is 13.1. The number of amides is 2. The molecule has 0 saturated carbocycles. The van der Waals surface area contributed by atoms with Gasteiger partial charge in [-0.05, 0) is 54.7 Å². The smallest absolute Gasteiger partial charge is 0.313 e. The van der Waals surface area contributed by atoms with Gasteiger partial charge in [0.05, 0.1) is 5.02 Å². The van der Waals surface area contributed by atoms with Crippen LogP contribution in [0, 0.1) is 5.82 Å². The second kappa shape index (κ2) is 8.39. The number of anilines is 2. The van der Waals surface area contributed by atoms with E-state index in [-0.39, 0.29) is 10.7 Å². The zero-order valence-electron chi connectivity index (χ0n) is 15.0. The largest absolute Gasteiger partial charge is 0.374 e. The van der Waals surface area contributed by atoms with E-state index >= 15 is 0 Å². The summed E-state index contributed by atoms with van der Waals surface area (Å²) in [5.41, 5.74) is 3.96. The Morgan fingerprint density at radius 1 is 1.19 bits per heavy atom. The Balaban J connectivity index is 1.50. The number of fused-ring (bicyclic) bond motifs is 1. The number of nitrogens with zero attached hydrogens (tertiary/aromatic N) is 1. The lowest BCUT2D eigenvalue weighted by Gasteiger charge is -2.27. The number of benzene rings is 2. The van der Waals surface area contributed by atoms with Crippen molar-refractivity contribution in [3.8, 4) is 0 Å². The molecule has 1 aliphatic heterocycles. The van der Waals surface area contributed by atoms with Gasteiger partial charge in [0.2, 0.25) is 0 Å². The van der Waals surface area contributed by atoms with Crippen molar-refractivity contribution in [3.05, 3.63) is 58.4 Å². The molecule has 2 amide bonds. The van der Waals surface area contributed by atoms with Crippen LogP contribution in [0.25, 0.3) is 0 Å². The lowest BCUT2D eigenvalue weighted by atomic mass is 9.98. The molecular formula is C20H21ClFN3O2. The van der Waals surface area contributed by atoms with Crippen molar-refractivity contribution >= 4 is 34.8 Å². The summed E-state index contributed by atoms with van der Waals surface area (Å²) in [7, 11) is 2.09. The minimum absolute atomic E-state index is 0.119. The summed E-state index contributed by atoms with van der Waals surface area (Å²) in [6, 6.07) is 10.0. The van der Waals surface area contributed by atoms with Crippen LogP contribution < -0.4 is 15.5 Å². The van der Waals surface area contributed by atoms with Gasteiger partial charge in [-0.15, -0.1) is 0 Å². The molecule has 3 rings (SSSR count). The molecule has 0 fully saturated rings. The third-order valence-electron chi connectivity index (χ3n) is 4.58. The molecule has 2 N–H and O–H groups in total. The highest BCUT2D eigenvalue weighted by Crippen LogP contribution is 2.26. The minimum atomic E-state index is -0.815. The van der Waals surface area contributed by atoms with Crippen LogP contribution in [-0.4, -0.2) is 32.0 Å². The maximum Gasteiger partial charge on any atom is 0.313 e. The van der Waals surface area contributed by atoms with Gasteiger partial charge in [-0.25, -0.2) is 4.39 Å². The monoisotopic (exact) mass is 389 g/mol. The van der Waals surface area contributed by atoms with Crippen LogP contribution >= 0.6 is 11.6 Å². The second-order valence-corrected chi connectivity index (χ2v) is 6.98. The first-order chi connectivity index (χ1) is 12.9. The standard InChI is InChI=1S/C20H21ClFN3O2/c1-25-10-2-3-14-11-13(4-7-18(14)25)8-9-23-19(26)20(27)24-15-5-6-17(22)16(21)12-15/h4-7,11-12H,2-3,8-10H2,1H3,(H,23,26)(H,24,27). The summed E-state index contributed by atoms with van der Waals surface area (Å²) < 4.78 is 13.1. The zero-order chi connectivity index (χ0) is 19.4. The van der Waals surface area contributed by atoms with Gasteiger partial charge in [0.15, 0.2) is 0 Å². The van der Waals surface area contributed by atoms with Crippen LogP contribution in [0.3, 0.4) is 0 Å². The fraction of sp³-hybridized carbons (Fsp3) is 0.300. The van der Waals surface area contributed by atoms with Crippen molar-refractivity contribution in [3.63, 3.8) is 0 Å². The van der Waals surface area contributed by atoms with Gasteiger partial charge in [0.1, 0.15) is 5.82 Å². The van der Waals surface area contributed by atoms with Crippen molar-refractivity contribution in [2.24, 2.45) is 0 Å². The number of hydrogen-bond acceptors (Lipinski definition) is 3. The van der Waals surface area contributed by atoms with E-state index in [0.717, 1.165) is 31.0 Å². The molecule has 0 radical (unpaired) electrons. The molecule has 0 atom stereocenters. The Morgan fingerprint density at radius 2 is 2.00 bits per heavy atom. The van der Waals surface area contributed by atoms with Crippen molar-refractivity contribution in [1.82, 2.24) is 5.32 Å². The van der Waals surface area contributed by atoms with Crippen molar-refractivity contribution < 1.29 is 14.0 Å². The van der Waals surface area contributed by atoms with Crippen molar-refractivity contribution in [2.45, 2.75) is 19.3 Å². The van der Waals surface area contributed by atoms with E-state index in [4.69, 9.17) is 11.6 Å². The predicted octanol–water partition coefficient (Wildman–Crippen LogP) is 3.16. The fourth-order valence-corrected chi connectivity index (χ4v) is 3.34. The van der Waals surface area contributed by atoms with Gasteiger partial charge in [-0.3, -0.25) is 9.59 Å². The van der Waals surface area contributed by atoms with Gasteiger partial charge >= 0.3 is 11.8 Å². The van der Waals surface area contributed by atoms with E-state index in [1.165, 1.54) is 23.4 Å². The van der Waals surface area contributed by atoms with Crippen molar-refractivity contribution in [1.29, 1.82) is 0 Å². The molecular weight excluding hydrogens is 369 g/mol. The molecule has 1 aliphatic rings. The molecule has 0 aromatic heterocycles. The Morgan fingerprint density at radius 3 is 2.78 bits per heavy atom. The van der Waals surface area contributed by atoms with E-state index in [1.807, 2.05) is 6.07 Å². The van der Waals surface area contributed by atoms with E-state index in [9.17, 15) is 14.0 Å². The molecule has 0 saturated heterocycles. The molecule has 0 spiro atoms. The summed E-state index contributed by atoms with van der Waals surface area (Å²) in [6.45, 7) is 1.42. The van der Waals surface area contributed by atoms with Gasteiger partial charge in [-0.1, -0.05) is 23.7 Å². The Kier molecular flexibility index (Phi) is 5.96. The summed E-state index contributed by atoms with van der Waals surface area (Å²) in [5, 5.41) is 4.87. The highest BCUT2D eigenvalue weighted by atomic mass is 35.5. The van der Waals surface area contributed by atoms with Gasteiger partial charge < -0.3 is 15.5 Å². The summed E-state index contributed by atoms with van der Waals surface area (Å²) in [6.07, 6.45) is 2.83. The van der Waals surface area contributed by atoms with E-state index in [1.54, 1.807) is 0 Å². The van der Waals surface area contributed by atoms with Crippen LogP contribution in [0.15, 0.2) is 36.4 Å². The Labute approximate surface area is 162 Å². The molecule has 27 heavy (non-hydrogen) atoms. The SMILES string of the molecule is CN1CCCc2cc(CCNC(=O)C(=O)Nc3ccc(F)c(Cl)c3)ccc21. The van der Waals surface area contributed by atoms with Crippen LogP contribution in [0.5, 0.6) is 0 Å². The average Bonchev–Trinajstić information content (AvgIpc) is 2.65. The number of hydrogen-bond donors (Lipinski definition) is 2. The third kappa shape index (κ3) is 4.77. The minimum Gasteiger partial charge on any atom is -0.374 e. The summed E-state index contributed by atoms with van der Waals surface area (Å²) in [4.78, 5) is 26.1. The molecule has 7 heteroatoms. The first kappa shape index (κ1) is 19.2. The highest BCUT2D eigenvalue weighted by molar-refractivity contribution is 6.39. The number of halogens is 2. The van der Waals surface area contributed by atoms with Crippen molar-refractivity contribution in [2.75, 3.05) is 30.4 Å². The van der Waals surface area contributed by atoms with Gasteiger partial charge in [0.25, 0.3) is 0 Å². The average molecular weight is 390 g/mol. The Hall–Kier alpha value is -2.60. The number of nitrogens with one attached hydrogen (secondary N) is 2. The first-order valence-electron chi connectivity index (χ1n) is 8.81. The van der Waals surface area contributed by atoms with E-state index in [2.05, 4.69) is 34.7 Å². The topological polar surface area (TPSA) is 61.4 Å². The second-order valence-electron chi connectivity index (χ2n) is 6.58. The highest BCUT2D eigenvalue weighted by Gasteiger charge is 2.15. The molecule has 0 aliphatic carbocycles. The van der Waals surface area contributed by atoms with Gasteiger partial charge in [-0.2, -0.15) is 0 Å². The number of carbonyl (C=O) groups excluding carboxylic acids is 2. The van der Waals surface area contributed by atoms with E-state index in [0.29, 0.717) is 13.0 Å². The van der Waals surface area contributed by atoms with Crippen LogP contribution in [0.2, 0.25) is 5.02 Å². The fourth-order valence-electron chi connectivity index (χ4n) is 3.16. The molecule has 5 nitrogen and oxygen atoms in total. The van der Waals surface area contributed by atoms with Crippen LogP contribution in [-0.2, 0) is 22.4 Å². The maximum absolute atomic E-state index is 13.1. The van der Waals surface area contributed by atoms with Crippen LogP contribution in [0.4, 0.5) is 15.8 Å². The summed E-state index contributed by atoms with van der Waals surface area (Å²) in [5.74, 6) is -2.15. The van der Waals surface area contributed by atoms with Crippen LogP contribution in [0.1, 0.15) is 17.5 Å². The molecule has 0 bridgehead atoms. The molecule has 2 aromatic carbocycles. The normalized spacial score (nSPS) is 13.1. The van der Waals surface area contributed by atoms with Gasteiger partial charge in [0, 0.05) is 31.5 Å².